The maximum atomic E-state index is 12.3. The van der Waals surface area contributed by atoms with Gasteiger partial charge in [-0.05, 0) is 30.3 Å². The molecule has 0 saturated heterocycles. The number of fused-ring (bicyclic) bond motifs is 1. The van der Waals surface area contributed by atoms with E-state index in [1.165, 1.54) is 23.5 Å². The number of alkyl halides is 3. The molecule has 2 aromatic carbocycles. The molecule has 0 saturated carbocycles. The summed E-state index contributed by atoms with van der Waals surface area (Å²) < 4.78 is 45.7. The van der Waals surface area contributed by atoms with Crippen molar-refractivity contribution < 1.29 is 37.0 Å². The lowest BCUT2D eigenvalue weighted by Gasteiger charge is -2.10. The Kier molecular flexibility index (Phi) is 7.21. The molecular formula is C20H14ClF3N2O5S. The molecule has 0 fully saturated rings. The van der Waals surface area contributed by atoms with Crippen molar-refractivity contribution in [1.82, 2.24) is 5.32 Å². The van der Waals surface area contributed by atoms with E-state index >= 15 is 0 Å². The van der Waals surface area contributed by atoms with Gasteiger partial charge in [-0.25, -0.2) is 0 Å². The maximum absolute atomic E-state index is 12.3. The molecule has 3 aromatic rings. The number of carbonyl (C=O) groups excluding carboxylic acids is 3. The van der Waals surface area contributed by atoms with Gasteiger partial charge in [-0.15, -0.1) is 24.5 Å². The Hall–Kier alpha value is -3.31. The molecule has 2 amide bonds. The molecule has 0 aliphatic heterocycles. The van der Waals surface area contributed by atoms with Gasteiger partial charge in [0, 0.05) is 15.8 Å². The van der Waals surface area contributed by atoms with Crippen molar-refractivity contribution in [2.45, 2.75) is 6.36 Å². The average molecular weight is 487 g/mol. The second kappa shape index (κ2) is 9.88. The molecule has 168 valence electrons. The molecule has 0 radical (unpaired) electrons. The summed E-state index contributed by atoms with van der Waals surface area (Å²) in [6, 6.07) is 11.6. The van der Waals surface area contributed by atoms with Crippen LogP contribution in [0, 0.1) is 0 Å². The molecule has 3 rings (SSSR count). The Morgan fingerprint density at radius 1 is 1.03 bits per heavy atom. The highest BCUT2D eigenvalue weighted by Crippen LogP contribution is 2.34. The standard InChI is InChI=1S/C20H14ClF3N2O5S/c21-17-13-3-1-2-4-14(13)32-18(17)19(29)25-9-16(28)30-10-15(27)26-11-5-7-12(8-6-11)31-20(22,23)24/h1-8H,9-10H2,(H,25,29)(H,26,27). The van der Waals surface area contributed by atoms with Crippen LogP contribution in [0.25, 0.3) is 10.1 Å². The van der Waals surface area contributed by atoms with Gasteiger partial charge in [-0.3, -0.25) is 14.4 Å². The van der Waals surface area contributed by atoms with Crippen molar-refractivity contribution >= 4 is 56.5 Å². The summed E-state index contributed by atoms with van der Waals surface area (Å²) in [5.41, 5.74) is 0.174. The highest BCUT2D eigenvalue weighted by atomic mass is 35.5. The van der Waals surface area contributed by atoms with Crippen LogP contribution in [0.2, 0.25) is 5.02 Å². The first kappa shape index (κ1) is 23.4. The molecule has 32 heavy (non-hydrogen) atoms. The molecule has 2 N–H and O–H groups in total. The van der Waals surface area contributed by atoms with Gasteiger partial charge >= 0.3 is 12.3 Å². The van der Waals surface area contributed by atoms with Gasteiger partial charge in [0.15, 0.2) is 6.61 Å². The Morgan fingerprint density at radius 2 is 1.72 bits per heavy atom. The summed E-state index contributed by atoms with van der Waals surface area (Å²) in [6.45, 7) is -1.14. The molecule has 0 atom stereocenters. The number of rotatable bonds is 7. The molecule has 0 bridgehead atoms. The predicted octanol–water partition coefficient (Wildman–Crippen LogP) is 4.37. The van der Waals surface area contributed by atoms with E-state index < -0.39 is 43.0 Å². The summed E-state index contributed by atoms with van der Waals surface area (Å²) in [5.74, 6) is -2.59. The fraction of sp³-hybridized carbons (Fsp3) is 0.150. The number of hydrogen-bond acceptors (Lipinski definition) is 6. The number of anilines is 1. The van der Waals surface area contributed by atoms with E-state index in [2.05, 4.69) is 15.4 Å². The quantitative estimate of drug-likeness (QED) is 0.484. The van der Waals surface area contributed by atoms with E-state index in [1.54, 1.807) is 12.1 Å². The predicted molar refractivity (Wildman–Crippen MR) is 112 cm³/mol. The van der Waals surface area contributed by atoms with E-state index in [9.17, 15) is 27.6 Å². The van der Waals surface area contributed by atoms with Gasteiger partial charge in [0.25, 0.3) is 11.8 Å². The van der Waals surface area contributed by atoms with Crippen molar-refractivity contribution in [2.24, 2.45) is 0 Å². The number of halogens is 4. The number of benzene rings is 2. The third kappa shape index (κ3) is 6.34. The van der Waals surface area contributed by atoms with E-state index in [-0.39, 0.29) is 15.6 Å². The van der Waals surface area contributed by atoms with Gasteiger partial charge in [-0.1, -0.05) is 29.8 Å². The number of nitrogens with one attached hydrogen (secondary N) is 2. The second-order valence-electron chi connectivity index (χ2n) is 6.21. The Labute approximate surface area is 188 Å². The fourth-order valence-corrected chi connectivity index (χ4v) is 3.96. The normalized spacial score (nSPS) is 11.1. The Morgan fingerprint density at radius 3 is 2.38 bits per heavy atom. The van der Waals surface area contributed by atoms with Crippen molar-refractivity contribution in [3.05, 3.63) is 58.4 Å². The molecule has 1 heterocycles. The first-order valence-electron chi connectivity index (χ1n) is 8.89. The molecule has 0 aliphatic carbocycles. The van der Waals surface area contributed by atoms with Crippen molar-refractivity contribution in [2.75, 3.05) is 18.5 Å². The number of esters is 1. The minimum Gasteiger partial charge on any atom is -0.454 e. The largest absolute Gasteiger partial charge is 0.573 e. The lowest BCUT2D eigenvalue weighted by molar-refractivity contribution is -0.274. The summed E-state index contributed by atoms with van der Waals surface area (Å²) in [5, 5.41) is 5.72. The van der Waals surface area contributed by atoms with Crippen LogP contribution >= 0.6 is 22.9 Å². The molecule has 7 nitrogen and oxygen atoms in total. The SMILES string of the molecule is O=C(COC(=O)CNC(=O)c1sc2ccccc2c1Cl)Nc1ccc(OC(F)(F)F)cc1. The second-order valence-corrected chi connectivity index (χ2v) is 7.64. The smallest absolute Gasteiger partial charge is 0.454 e. The third-order valence-electron chi connectivity index (χ3n) is 3.87. The molecule has 0 spiro atoms. The van der Waals surface area contributed by atoms with Crippen molar-refractivity contribution in [1.29, 1.82) is 0 Å². The summed E-state index contributed by atoms with van der Waals surface area (Å²) in [4.78, 5) is 36.2. The van der Waals surface area contributed by atoms with Gasteiger partial charge in [0.2, 0.25) is 0 Å². The zero-order valence-electron chi connectivity index (χ0n) is 16.0. The topological polar surface area (TPSA) is 93.7 Å². The number of ether oxygens (including phenoxy) is 2. The first-order valence-corrected chi connectivity index (χ1v) is 10.1. The zero-order valence-corrected chi connectivity index (χ0v) is 17.6. The summed E-state index contributed by atoms with van der Waals surface area (Å²) >= 11 is 7.38. The fourth-order valence-electron chi connectivity index (χ4n) is 2.53. The average Bonchev–Trinajstić information content (AvgIpc) is 3.08. The Bertz CT molecular complexity index is 1150. The van der Waals surface area contributed by atoms with Crippen LogP contribution in [-0.2, 0) is 14.3 Å². The first-order chi connectivity index (χ1) is 15.1. The monoisotopic (exact) mass is 486 g/mol. The molecule has 0 unspecified atom stereocenters. The van der Waals surface area contributed by atoms with E-state index in [0.29, 0.717) is 0 Å². The van der Waals surface area contributed by atoms with Crippen LogP contribution in [0.1, 0.15) is 9.67 Å². The van der Waals surface area contributed by atoms with E-state index in [0.717, 1.165) is 22.2 Å². The van der Waals surface area contributed by atoms with Crippen LogP contribution in [0.5, 0.6) is 5.75 Å². The Balaban J connectivity index is 1.43. The van der Waals surface area contributed by atoms with Crippen LogP contribution < -0.4 is 15.4 Å². The number of hydrogen-bond donors (Lipinski definition) is 2. The lowest BCUT2D eigenvalue weighted by atomic mass is 10.2. The molecule has 1 aromatic heterocycles. The van der Waals surface area contributed by atoms with Crippen molar-refractivity contribution in [3.63, 3.8) is 0 Å². The number of amides is 2. The zero-order chi connectivity index (χ0) is 23.3. The highest BCUT2D eigenvalue weighted by Gasteiger charge is 2.31. The van der Waals surface area contributed by atoms with Gasteiger partial charge in [0.1, 0.15) is 17.2 Å². The number of carbonyl (C=O) groups is 3. The van der Waals surface area contributed by atoms with Gasteiger partial charge < -0.3 is 20.1 Å². The van der Waals surface area contributed by atoms with Gasteiger partial charge in [-0.2, -0.15) is 0 Å². The van der Waals surface area contributed by atoms with Crippen LogP contribution in [0.15, 0.2) is 48.5 Å². The minimum atomic E-state index is -4.82. The minimum absolute atomic E-state index is 0.174. The summed E-state index contributed by atoms with van der Waals surface area (Å²) in [7, 11) is 0. The third-order valence-corrected chi connectivity index (χ3v) is 5.54. The van der Waals surface area contributed by atoms with Crippen LogP contribution in [0.4, 0.5) is 18.9 Å². The molecule has 12 heteroatoms. The van der Waals surface area contributed by atoms with E-state index in [1.807, 2.05) is 12.1 Å². The molecule has 0 aliphatic rings. The lowest BCUT2D eigenvalue weighted by Crippen LogP contribution is -2.32. The van der Waals surface area contributed by atoms with Crippen LogP contribution in [0.3, 0.4) is 0 Å². The van der Waals surface area contributed by atoms with Gasteiger partial charge in [0.05, 0.1) is 5.02 Å². The maximum Gasteiger partial charge on any atom is 0.573 e. The van der Waals surface area contributed by atoms with Crippen LogP contribution in [-0.4, -0.2) is 37.3 Å². The summed E-state index contributed by atoms with van der Waals surface area (Å²) in [6.07, 6.45) is -4.82. The molecular weight excluding hydrogens is 473 g/mol. The van der Waals surface area contributed by atoms with Crippen molar-refractivity contribution in [3.8, 4) is 5.75 Å². The number of thiophene rings is 1. The highest BCUT2D eigenvalue weighted by molar-refractivity contribution is 7.21. The van der Waals surface area contributed by atoms with E-state index in [4.69, 9.17) is 16.3 Å².